The number of benzene rings is 1. The molecule has 0 aliphatic rings. The molecule has 2 N–H and O–H groups in total. The third kappa shape index (κ3) is 3.68. The minimum absolute atomic E-state index is 0.610. The molecule has 0 atom stereocenters. The third-order valence-electron chi connectivity index (χ3n) is 2.75. The second-order valence-electron chi connectivity index (χ2n) is 4.63. The fourth-order valence-electron chi connectivity index (χ4n) is 1.74. The lowest BCUT2D eigenvalue weighted by atomic mass is 10.1. The van der Waals surface area contributed by atoms with Gasteiger partial charge in [-0.2, -0.15) is 0 Å². The van der Waals surface area contributed by atoms with Gasteiger partial charge in [0.1, 0.15) is 12.4 Å². The average molecular weight is 277 g/mol. The summed E-state index contributed by atoms with van der Waals surface area (Å²) < 4.78 is 5.66. The Morgan fingerprint density at radius 3 is 2.47 bits per heavy atom. The van der Waals surface area contributed by atoms with Crippen molar-refractivity contribution in [2.75, 3.05) is 33.0 Å². The number of ether oxygens (including phenoxy) is 1. The van der Waals surface area contributed by atoms with Gasteiger partial charge in [0, 0.05) is 17.0 Å². The standard InChI is InChI=1S/C14H19N3OS/c1-10-13(16-14(15)19-10)11-4-6-12(7-5-11)18-9-8-17(2)3/h4-7H,8-9H2,1-3H3,(H2,15,16). The summed E-state index contributed by atoms with van der Waals surface area (Å²) >= 11 is 1.52. The van der Waals surface area contributed by atoms with E-state index in [4.69, 9.17) is 10.5 Å². The summed E-state index contributed by atoms with van der Waals surface area (Å²) in [7, 11) is 4.06. The van der Waals surface area contributed by atoms with Gasteiger partial charge in [0.05, 0.1) is 5.69 Å². The SMILES string of the molecule is Cc1sc(N)nc1-c1ccc(OCCN(C)C)cc1. The van der Waals surface area contributed by atoms with Crippen molar-refractivity contribution in [3.05, 3.63) is 29.1 Å². The van der Waals surface area contributed by atoms with E-state index in [-0.39, 0.29) is 0 Å². The number of nitrogens with two attached hydrogens (primary N) is 1. The van der Waals surface area contributed by atoms with Gasteiger partial charge in [-0.1, -0.05) is 0 Å². The van der Waals surface area contributed by atoms with E-state index in [9.17, 15) is 0 Å². The highest BCUT2D eigenvalue weighted by molar-refractivity contribution is 7.15. The molecular weight excluding hydrogens is 258 g/mol. The molecule has 0 saturated heterocycles. The zero-order valence-corrected chi connectivity index (χ0v) is 12.3. The van der Waals surface area contributed by atoms with Gasteiger partial charge in [-0.05, 0) is 45.3 Å². The van der Waals surface area contributed by atoms with Crippen molar-refractivity contribution in [1.82, 2.24) is 9.88 Å². The lowest BCUT2D eigenvalue weighted by Crippen LogP contribution is -2.19. The molecule has 1 aromatic heterocycles. The van der Waals surface area contributed by atoms with Crippen LogP contribution in [0.4, 0.5) is 5.13 Å². The smallest absolute Gasteiger partial charge is 0.180 e. The van der Waals surface area contributed by atoms with E-state index < -0.39 is 0 Å². The van der Waals surface area contributed by atoms with E-state index in [2.05, 4.69) is 9.88 Å². The quantitative estimate of drug-likeness (QED) is 0.913. The Morgan fingerprint density at radius 1 is 1.26 bits per heavy atom. The van der Waals surface area contributed by atoms with Crippen molar-refractivity contribution in [3.63, 3.8) is 0 Å². The van der Waals surface area contributed by atoms with Gasteiger partial charge in [-0.15, -0.1) is 11.3 Å². The molecule has 0 aliphatic heterocycles. The number of hydrogen-bond acceptors (Lipinski definition) is 5. The molecule has 1 aromatic carbocycles. The van der Waals surface area contributed by atoms with Crippen molar-refractivity contribution in [2.45, 2.75) is 6.92 Å². The first-order valence-corrected chi connectivity index (χ1v) is 6.99. The van der Waals surface area contributed by atoms with Crippen LogP contribution in [0.1, 0.15) is 4.88 Å². The van der Waals surface area contributed by atoms with Gasteiger partial charge in [0.15, 0.2) is 5.13 Å². The second-order valence-corrected chi connectivity index (χ2v) is 5.87. The molecule has 1 heterocycles. The number of nitrogens with zero attached hydrogens (tertiary/aromatic N) is 2. The number of anilines is 1. The summed E-state index contributed by atoms with van der Waals surface area (Å²) in [4.78, 5) is 7.58. The molecule has 0 saturated carbocycles. The monoisotopic (exact) mass is 277 g/mol. The first kappa shape index (κ1) is 13.8. The Hall–Kier alpha value is -1.59. The predicted octanol–water partition coefficient (Wildman–Crippen LogP) is 2.64. The molecule has 102 valence electrons. The number of likely N-dealkylation sites (N-methyl/N-ethyl adjacent to an activating group) is 1. The number of aromatic nitrogens is 1. The van der Waals surface area contributed by atoms with Gasteiger partial charge in [0.2, 0.25) is 0 Å². The van der Waals surface area contributed by atoms with Gasteiger partial charge >= 0.3 is 0 Å². The van der Waals surface area contributed by atoms with Crippen LogP contribution in [0.15, 0.2) is 24.3 Å². The molecule has 0 amide bonds. The number of aryl methyl sites for hydroxylation is 1. The third-order valence-corrected chi connectivity index (χ3v) is 3.55. The van der Waals surface area contributed by atoms with Crippen LogP contribution in [0.2, 0.25) is 0 Å². The summed E-state index contributed by atoms with van der Waals surface area (Å²) in [5, 5.41) is 0.610. The maximum absolute atomic E-state index is 5.72. The Kier molecular flexibility index (Phi) is 4.39. The van der Waals surface area contributed by atoms with Crippen molar-refractivity contribution in [3.8, 4) is 17.0 Å². The molecule has 2 aromatic rings. The molecule has 0 aliphatic carbocycles. The minimum atomic E-state index is 0.610. The van der Waals surface area contributed by atoms with Crippen LogP contribution >= 0.6 is 11.3 Å². The highest BCUT2D eigenvalue weighted by Crippen LogP contribution is 2.29. The largest absolute Gasteiger partial charge is 0.492 e. The Bertz CT molecular complexity index is 534. The fraction of sp³-hybridized carbons (Fsp3) is 0.357. The molecule has 2 rings (SSSR count). The topological polar surface area (TPSA) is 51.4 Å². The van der Waals surface area contributed by atoms with Crippen molar-refractivity contribution >= 4 is 16.5 Å². The molecule has 19 heavy (non-hydrogen) atoms. The van der Waals surface area contributed by atoms with Crippen LogP contribution in [0.5, 0.6) is 5.75 Å². The first-order chi connectivity index (χ1) is 9.06. The van der Waals surface area contributed by atoms with E-state index >= 15 is 0 Å². The maximum Gasteiger partial charge on any atom is 0.180 e. The van der Waals surface area contributed by atoms with E-state index in [1.54, 1.807) is 0 Å². The lowest BCUT2D eigenvalue weighted by molar-refractivity contribution is 0.261. The van der Waals surface area contributed by atoms with Crippen molar-refractivity contribution in [1.29, 1.82) is 0 Å². The molecule has 0 spiro atoms. The first-order valence-electron chi connectivity index (χ1n) is 6.17. The molecule has 4 nitrogen and oxygen atoms in total. The summed E-state index contributed by atoms with van der Waals surface area (Å²) in [6.07, 6.45) is 0. The summed E-state index contributed by atoms with van der Waals surface area (Å²) in [5.41, 5.74) is 7.75. The Labute approximate surface area is 117 Å². The maximum atomic E-state index is 5.72. The number of hydrogen-bond donors (Lipinski definition) is 1. The molecular formula is C14H19N3OS. The zero-order chi connectivity index (χ0) is 13.8. The van der Waals surface area contributed by atoms with Gasteiger partial charge < -0.3 is 15.4 Å². The summed E-state index contributed by atoms with van der Waals surface area (Å²) in [5.74, 6) is 0.881. The number of nitrogen functional groups attached to an aromatic ring is 1. The van der Waals surface area contributed by atoms with E-state index in [0.29, 0.717) is 11.7 Å². The van der Waals surface area contributed by atoms with Gasteiger partial charge in [0.25, 0.3) is 0 Å². The fourth-order valence-corrected chi connectivity index (χ4v) is 2.45. The van der Waals surface area contributed by atoms with Crippen LogP contribution in [0.3, 0.4) is 0 Å². The highest BCUT2D eigenvalue weighted by atomic mass is 32.1. The normalized spacial score (nSPS) is 10.9. The Morgan fingerprint density at radius 2 is 1.95 bits per heavy atom. The van der Waals surface area contributed by atoms with E-state index in [0.717, 1.165) is 28.4 Å². The minimum Gasteiger partial charge on any atom is -0.492 e. The number of rotatable bonds is 5. The van der Waals surface area contributed by atoms with Crippen LogP contribution in [-0.2, 0) is 0 Å². The van der Waals surface area contributed by atoms with Gasteiger partial charge in [-0.3, -0.25) is 0 Å². The predicted molar refractivity (Wildman–Crippen MR) is 80.7 cm³/mol. The molecule has 0 radical (unpaired) electrons. The average Bonchev–Trinajstić information content (AvgIpc) is 2.69. The number of thiazole rings is 1. The zero-order valence-electron chi connectivity index (χ0n) is 11.5. The van der Waals surface area contributed by atoms with Crippen molar-refractivity contribution < 1.29 is 4.74 Å². The molecule has 0 unspecified atom stereocenters. The van der Waals surface area contributed by atoms with Crippen molar-refractivity contribution in [2.24, 2.45) is 0 Å². The second kappa shape index (κ2) is 6.04. The Balaban J connectivity index is 2.04. The summed E-state index contributed by atoms with van der Waals surface area (Å²) in [6, 6.07) is 7.99. The highest BCUT2D eigenvalue weighted by Gasteiger charge is 2.07. The lowest BCUT2D eigenvalue weighted by Gasteiger charge is -2.11. The van der Waals surface area contributed by atoms with Crippen LogP contribution in [-0.4, -0.2) is 37.1 Å². The molecule has 5 heteroatoms. The van der Waals surface area contributed by atoms with E-state index in [1.807, 2.05) is 45.3 Å². The van der Waals surface area contributed by atoms with Crippen LogP contribution in [0.25, 0.3) is 11.3 Å². The van der Waals surface area contributed by atoms with Crippen LogP contribution in [0, 0.1) is 6.92 Å². The molecule has 0 bridgehead atoms. The van der Waals surface area contributed by atoms with Crippen LogP contribution < -0.4 is 10.5 Å². The van der Waals surface area contributed by atoms with E-state index in [1.165, 1.54) is 11.3 Å². The molecule has 0 fully saturated rings. The van der Waals surface area contributed by atoms with Gasteiger partial charge in [-0.25, -0.2) is 4.98 Å². The summed E-state index contributed by atoms with van der Waals surface area (Å²) in [6.45, 7) is 3.63.